The fourth-order valence-corrected chi connectivity index (χ4v) is 5.01. The van der Waals surface area contributed by atoms with E-state index < -0.39 is 0 Å². The Morgan fingerprint density at radius 2 is 1.87 bits per heavy atom. The highest BCUT2D eigenvalue weighted by Gasteiger charge is 2.30. The molecule has 2 aliphatic rings. The van der Waals surface area contributed by atoms with Crippen LogP contribution in [0.25, 0.3) is 11.0 Å². The standard InChI is InChI=1S/C23H33N5O2/c1-16(2)28-20-8-4-3-7-19(20)25-23(28)18-6-5-11-26(14-18)15-21(29)27-12-9-17(10-13-27)22(24)30/h3-4,7-8,16-18H,5-6,9-15H2,1-2H3,(H2,24,30). The maximum atomic E-state index is 12.8. The molecule has 1 atom stereocenters. The quantitative estimate of drug-likeness (QED) is 0.819. The second-order valence-corrected chi connectivity index (χ2v) is 9.05. The number of likely N-dealkylation sites (tertiary alicyclic amines) is 2. The molecule has 7 nitrogen and oxygen atoms in total. The molecule has 0 aliphatic carbocycles. The Morgan fingerprint density at radius 1 is 1.13 bits per heavy atom. The molecule has 7 heteroatoms. The lowest BCUT2D eigenvalue weighted by atomic mass is 9.95. The van der Waals surface area contributed by atoms with Crippen molar-refractivity contribution in [2.45, 2.75) is 51.5 Å². The Hall–Kier alpha value is -2.41. The van der Waals surface area contributed by atoms with Gasteiger partial charge in [0.15, 0.2) is 0 Å². The van der Waals surface area contributed by atoms with E-state index in [1.165, 1.54) is 5.52 Å². The van der Waals surface area contributed by atoms with Crippen molar-refractivity contribution in [2.24, 2.45) is 11.7 Å². The van der Waals surface area contributed by atoms with Gasteiger partial charge in [0.25, 0.3) is 0 Å². The Morgan fingerprint density at radius 3 is 2.57 bits per heavy atom. The number of fused-ring (bicyclic) bond motifs is 1. The molecule has 2 N–H and O–H groups in total. The highest BCUT2D eigenvalue weighted by atomic mass is 16.2. The van der Waals surface area contributed by atoms with Crippen molar-refractivity contribution in [1.29, 1.82) is 0 Å². The second kappa shape index (κ2) is 8.76. The summed E-state index contributed by atoms with van der Waals surface area (Å²) in [5.74, 6) is 1.31. The van der Waals surface area contributed by atoms with Gasteiger partial charge >= 0.3 is 0 Å². The number of hydrogen-bond acceptors (Lipinski definition) is 4. The molecular weight excluding hydrogens is 378 g/mol. The molecule has 3 heterocycles. The van der Waals surface area contributed by atoms with E-state index in [4.69, 9.17) is 10.7 Å². The minimum Gasteiger partial charge on any atom is -0.369 e. The fraction of sp³-hybridized carbons (Fsp3) is 0.609. The van der Waals surface area contributed by atoms with Gasteiger partial charge in [-0.15, -0.1) is 0 Å². The molecule has 1 aromatic heterocycles. The van der Waals surface area contributed by atoms with E-state index in [1.54, 1.807) is 0 Å². The van der Waals surface area contributed by atoms with Crippen LogP contribution in [0.1, 0.15) is 57.3 Å². The van der Waals surface area contributed by atoms with Crippen molar-refractivity contribution < 1.29 is 9.59 Å². The van der Waals surface area contributed by atoms with Crippen molar-refractivity contribution in [3.05, 3.63) is 30.1 Å². The van der Waals surface area contributed by atoms with Gasteiger partial charge < -0.3 is 15.2 Å². The third-order valence-corrected chi connectivity index (χ3v) is 6.62. The van der Waals surface area contributed by atoms with Crippen LogP contribution in [0.4, 0.5) is 0 Å². The van der Waals surface area contributed by atoms with Crippen molar-refractivity contribution >= 4 is 22.8 Å². The fourth-order valence-electron chi connectivity index (χ4n) is 5.01. The Balaban J connectivity index is 1.43. The molecule has 1 aromatic carbocycles. The number of imidazole rings is 1. The first-order chi connectivity index (χ1) is 14.4. The molecule has 2 fully saturated rings. The number of nitrogens with zero attached hydrogens (tertiary/aromatic N) is 4. The first-order valence-electron chi connectivity index (χ1n) is 11.2. The zero-order valence-corrected chi connectivity index (χ0v) is 18.1. The maximum Gasteiger partial charge on any atom is 0.236 e. The first kappa shape index (κ1) is 20.8. The van der Waals surface area contributed by atoms with Crippen molar-refractivity contribution in [2.75, 3.05) is 32.7 Å². The molecule has 0 radical (unpaired) electrons. The number of amides is 2. The number of benzene rings is 1. The van der Waals surface area contributed by atoms with Crippen LogP contribution in [0.3, 0.4) is 0 Å². The zero-order chi connectivity index (χ0) is 21.3. The summed E-state index contributed by atoms with van der Waals surface area (Å²) >= 11 is 0. The van der Waals surface area contributed by atoms with E-state index in [1.807, 2.05) is 11.0 Å². The van der Waals surface area contributed by atoms with E-state index in [-0.39, 0.29) is 17.7 Å². The Kier molecular flexibility index (Phi) is 6.09. The molecule has 0 saturated carbocycles. The lowest BCUT2D eigenvalue weighted by molar-refractivity contribution is -0.136. The van der Waals surface area contributed by atoms with Gasteiger partial charge in [0.1, 0.15) is 5.82 Å². The number of primary amides is 1. The smallest absolute Gasteiger partial charge is 0.236 e. The molecular formula is C23H33N5O2. The van der Waals surface area contributed by atoms with Gasteiger partial charge in [0, 0.05) is 37.5 Å². The van der Waals surface area contributed by atoms with Crippen LogP contribution < -0.4 is 5.73 Å². The summed E-state index contributed by atoms with van der Waals surface area (Å²) in [6.07, 6.45) is 3.54. The van der Waals surface area contributed by atoms with E-state index in [0.29, 0.717) is 44.4 Å². The minimum absolute atomic E-state index is 0.0857. The van der Waals surface area contributed by atoms with E-state index in [0.717, 1.165) is 37.3 Å². The molecule has 2 aliphatic heterocycles. The summed E-state index contributed by atoms with van der Waals surface area (Å²) in [6, 6.07) is 8.68. The molecule has 2 amide bonds. The Labute approximate surface area is 178 Å². The Bertz CT molecular complexity index is 913. The van der Waals surface area contributed by atoms with Crippen LogP contribution in [0.15, 0.2) is 24.3 Å². The summed E-state index contributed by atoms with van der Waals surface area (Å²) in [5.41, 5.74) is 7.65. The number of rotatable bonds is 5. The summed E-state index contributed by atoms with van der Waals surface area (Å²) < 4.78 is 2.36. The van der Waals surface area contributed by atoms with Crippen molar-refractivity contribution in [1.82, 2.24) is 19.4 Å². The topological polar surface area (TPSA) is 84.5 Å². The van der Waals surface area contributed by atoms with Crippen LogP contribution in [0, 0.1) is 5.92 Å². The minimum atomic E-state index is -0.242. The predicted molar refractivity (Wildman–Crippen MR) is 117 cm³/mol. The SMILES string of the molecule is CC(C)n1c(C2CCCN(CC(=O)N3CCC(C(N)=O)CC3)C2)nc2ccccc21. The van der Waals surface area contributed by atoms with Crippen LogP contribution in [-0.4, -0.2) is 63.9 Å². The van der Waals surface area contributed by atoms with Crippen LogP contribution >= 0.6 is 0 Å². The third-order valence-electron chi connectivity index (χ3n) is 6.62. The van der Waals surface area contributed by atoms with Gasteiger partial charge in [0.2, 0.25) is 11.8 Å². The number of nitrogens with two attached hydrogens (primary N) is 1. The average molecular weight is 412 g/mol. The molecule has 30 heavy (non-hydrogen) atoms. The van der Waals surface area contributed by atoms with Gasteiger partial charge in [-0.25, -0.2) is 4.98 Å². The third kappa shape index (κ3) is 4.21. The largest absolute Gasteiger partial charge is 0.369 e. The van der Waals surface area contributed by atoms with Crippen LogP contribution in [0.2, 0.25) is 0 Å². The van der Waals surface area contributed by atoms with Crippen molar-refractivity contribution in [3.8, 4) is 0 Å². The zero-order valence-electron chi connectivity index (χ0n) is 18.1. The van der Waals surface area contributed by atoms with E-state index >= 15 is 0 Å². The summed E-state index contributed by atoms with van der Waals surface area (Å²) in [5, 5.41) is 0. The number of aromatic nitrogens is 2. The molecule has 162 valence electrons. The number of para-hydroxylation sites is 2. The highest BCUT2D eigenvalue weighted by molar-refractivity contribution is 5.80. The predicted octanol–water partition coefficient (Wildman–Crippen LogP) is 2.52. The molecule has 1 unspecified atom stereocenters. The van der Waals surface area contributed by atoms with E-state index in [2.05, 4.69) is 41.5 Å². The lowest BCUT2D eigenvalue weighted by Gasteiger charge is -2.36. The average Bonchev–Trinajstić information content (AvgIpc) is 3.14. The highest BCUT2D eigenvalue weighted by Crippen LogP contribution is 2.31. The number of hydrogen-bond donors (Lipinski definition) is 1. The molecule has 4 rings (SSSR count). The normalized spacial score (nSPS) is 21.4. The van der Waals surface area contributed by atoms with Gasteiger partial charge in [-0.2, -0.15) is 0 Å². The van der Waals surface area contributed by atoms with Crippen molar-refractivity contribution in [3.63, 3.8) is 0 Å². The molecule has 2 aromatic rings. The maximum absolute atomic E-state index is 12.8. The second-order valence-electron chi connectivity index (χ2n) is 9.05. The van der Waals surface area contributed by atoms with Crippen LogP contribution in [-0.2, 0) is 9.59 Å². The van der Waals surface area contributed by atoms with Crippen LogP contribution in [0.5, 0.6) is 0 Å². The summed E-state index contributed by atoms with van der Waals surface area (Å²) in [4.78, 5) is 33.4. The molecule has 0 bridgehead atoms. The van der Waals surface area contributed by atoms with Gasteiger partial charge in [-0.05, 0) is 58.2 Å². The van der Waals surface area contributed by atoms with E-state index in [9.17, 15) is 9.59 Å². The number of carbonyl (C=O) groups is 2. The number of piperidine rings is 2. The van der Waals surface area contributed by atoms with Gasteiger partial charge in [0.05, 0.1) is 17.6 Å². The van der Waals surface area contributed by atoms with Gasteiger partial charge in [-0.3, -0.25) is 14.5 Å². The molecule has 0 spiro atoms. The summed E-state index contributed by atoms with van der Waals surface area (Å²) in [6.45, 7) is 7.93. The van der Waals surface area contributed by atoms with Gasteiger partial charge in [-0.1, -0.05) is 12.1 Å². The summed E-state index contributed by atoms with van der Waals surface area (Å²) in [7, 11) is 0. The first-order valence-corrected chi connectivity index (χ1v) is 11.2. The molecule has 2 saturated heterocycles. The lowest BCUT2D eigenvalue weighted by Crippen LogP contribution is -2.47. The monoisotopic (exact) mass is 411 g/mol. The number of carbonyl (C=O) groups excluding carboxylic acids is 2.